The van der Waals surface area contributed by atoms with Crippen molar-refractivity contribution in [2.24, 2.45) is 0 Å². The summed E-state index contributed by atoms with van der Waals surface area (Å²) in [6, 6.07) is 20.0. The van der Waals surface area contributed by atoms with E-state index in [0.717, 1.165) is 19.9 Å². The summed E-state index contributed by atoms with van der Waals surface area (Å²) in [4.78, 5) is 14.4. The Hall–Kier alpha value is -3.09. The minimum Gasteiger partial charge on any atom is -0.493 e. The normalized spacial score (nSPS) is 14.1. The predicted octanol–water partition coefficient (Wildman–Crippen LogP) is 4.80. The molecule has 0 N–H and O–H groups in total. The van der Waals surface area contributed by atoms with Gasteiger partial charge in [-0.25, -0.2) is 0 Å². The zero-order valence-corrected chi connectivity index (χ0v) is 20.4. The largest absolute Gasteiger partial charge is 0.493 e. The zero-order chi connectivity index (χ0) is 23.2. The van der Waals surface area contributed by atoms with E-state index in [4.69, 9.17) is 14.2 Å². The molecule has 0 aliphatic carbocycles. The van der Waals surface area contributed by atoms with Gasteiger partial charge in [0.25, 0.3) is 5.91 Å². The minimum absolute atomic E-state index is 0.0826. The molecule has 0 atom stereocenters. The molecule has 3 aromatic rings. The number of methoxy groups -OCH3 is 1. The third-order valence-electron chi connectivity index (χ3n) is 5.46. The highest BCUT2D eigenvalue weighted by molar-refractivity contribution is 14.1. The van der Waals surface area contributed by atoms with Crippen molar-refractivity contribution < 1.29 is 19.0 Å². The summed E-state index contributed by atoms with van der Waals surface area (Å²) >= 11 is 2.19. The Morgan fingerprint density at radius 1 is 1.18 bits per heavy atom. The van der Waals surface area contributed by atoms with Crippen LogP contribution >= 0.6 is 22.6 Å². The van der Waals surface area contributed by atoms with E-state index in [-0.39, 0.29) is 11.5 Å². The van der Waals surface area contributed by atoms with Crippen LogP contribution in [-0.2, 0) is 16.1 Å². The maximum atomic E-state index is 12.7. The number of rotatable bonds is 6. The monoisotopic (exact) mass is 554 g/mol. The quantitative estimate of drug-likeness (QED) is 0.249. The van der Waals surface area contributed by atoms with Crippen LogP contribution in [0, 0.1) is 14.9 Å². The smallest absolute Gasteiger partial charge is 0.264 e. The predicted molar refractivity (Wildman–Crippen MR) is 135 cm³/mol. The van der Waals surface area contributed by atoms with Crippen molar-refractivity contribution in [3.63, 3.8) is 0 Å². The van der Waals surface area contributed by atoms with E-state index in [9.17, 15) is 10.1 Å². The van der Waals surface area contributed by atoms with Gasteiger partial charge in [0, 0.05) is 13.1 Å². The molecular weight excluding hydrogens is 531 g/mol. The lowest BCUT2D eigenvalue weighted by Gasteiger charge is -2.26. The van der Waals surface area contributed by atoms with Gasteiger partial charge in [-0.2, -0.15) is 5.26 Å². The van der Waals surface area contributed by atoms with Crippen LogP contribution in [0.5, 0.6) is 11.5 Å². The Labute approximate surface area is 206 Å². The van der Waals surface area contributed by atoms with Crippen molar-refractivity contribution in [2.75, 3.05) is 33.4 Å². The molecule has 1 aliphatic rings. The van der Waals surface area contributed by atoms with Gasteiger partial charge in [-0.1, -0.05) is 42.5 Å². The van der Waals surface area contributed by atoms with Crippen LogP contribution in [0.1, 0.15) is 11.1 Å². The van der Waals surface area contributed by atoms with Crippen LogP contribution in [0.3, 0.4) is 0 Å². The topological polar surface area (TPSA) is 71.8 Å². The first-order chi connectivity index (χ1) is 16.1. The maximum absolute atomic E-state index is 12.7. The Bertz CT molecular complexity index is 1240. The molecule has 1 heterocycles. The molecule has 1 amide bonds. The lowest BCUT2D eigenvalue weighted by atomic mass is 10.1. The molecule has 0 aromatic heterocycles. The van der Waals surface area contributed by atoms with Gasteiger partial charge in [0.05, 0.1) is 23.9 Å². The summed E-state index contributed by atoms with van der Waals surface area (Å²) in [5.41, 5.74) is 1.86. The number of ether oxygens (including phenoxy) is 3. The Balaban J connectivity index is 1.58. The molecule has 33 heavy (non-hydrogen) atoms. The van der Waals surface area contributed by atoms with E-state index >= 15 is 0 Å². The first-order valence-electron chi connectivity index (χ1n) is 10.6. The van der Waals surface area contributed by atoms with Gasteiger partial charge in [-0.15, -0.1) is 0 Å². The third-order valence-corrected chi connectivity index (χ3v) is 6.27. The number of morpholine rings is 1. The molecule has 3 aromatic carbocycles. The fourth-order valence-corrected chi connectivity index (χ4v) is 4.56. The van der Waals surface area contributed by atoms with Gasteiger partial charge >= 0.3 is 0 Å². The number of benzene rings is 3. The van der Waals surface area contributed by atoms with E-state index < -0.39 is 0 Å². The highest BCUT2D eigenvalue weighted by Gasteiger charge is 2.21. The lowest BCUT2D eigenvalue weighted by Crippen LogP contribution is -2.41. The number of halogens is 1. The lowest BCUT2D eigenvalue weighted by molar-refractivity contribution is -0.130. The molecular formula is C26H23IN2O4. The van der Waals surface area contributed by atoms with E-state index in [0.29, 0.717) is 50.0 Å². The average Bonchev–Trinajstić information content (AvgIpc) is 2.86. The maximum Gasteiger partial charge on any atom is 0.264 e. The van der Waals surface area contributed by atoms with E-state index in [1.165, 1.54) is 0 Å². The number of hydrogen-bond donors (Lipinski definition) is 0. The number of carbonyl (C=O) groups excluding carboxylic acids is 1. The zero-order valence-electron chi connectivity index (χ0n) is 18.2. The molecule has 0 saturated carbocycles. The number of nitrogens with zero attached hydrogens (tertiary/aromatic N) is 2. The molecule has 0 spiro atoms. The van der Waals surface area contributed by atoms with Crippen molar-refractivity contribution >= 4 is 45.3 Å². The molecule has 1 fully saturated rings. The van der Waals surface area contributed by atoms with Crippen molar-refractivity contribution in [2.45, 2.75) is 6.61 Å². The number of hydrogen-bond acceptors (Lipinski definition) is 5. The number of carbonyl (C=O) groups is 1. The SMILES string of the molecule is COc1cc(/C=C(\C#N)C(=O)N2CCOCC2)cc(I)c1OCc1cccc2ccccc12. The Kier molecular flexibility index (Phi) is 7.47. The van der Waals surface area contributed by atoms with E-state index in [1.807, 2.05) is 30.3 Å². The van der Waals surface area contributed by atoms with Gasteiger partial charge < -0.3 is 19.1 Å². The highest BCUT2D eigenvalue weighted by Crippen LogP contribution is 2.35. The standard InChI is InChI=1S/C26H23IN2O4/c1-31-24-15-18(13-21(16-28)26(30)29-9-11-32-12-10-29)14-23(27)25(24)33-17-20-7-4-6-19-5-2-3-8-22(19)20/h2-8,13-15H,9-12,17H2,1H3/b21-13+. The average molecular weight is 554 g/mol. The van der Waals surface area contributed by atoms with Crippen LogP contribution in [-0.4, -0.2) is 44.2 Å². The van der Waals surface area contributed by atoms with Crippen molar-refractivity contribution in [1.82, 2.24) is 4.90 Å². The van der Waals surface area contributed by atoms with Crippen LogP contribution < -0.4 is 9.47 Å². The second-order valence-electron chi connectivity index (χ2n) is 7.54. The van der Waals surface area contributed by atoms with Crippen molar-refractivity contribution in [3.8, 4) is 17.6 Å². The fraction of sp³-hybridized carbons (Fsp3) is 0.231. The highest BCUT2D eigenvalue weighted by atomic mass is 127. The van der Waals surface area contributed by atoms with Gasteiger partial charge in [0.15, 0.2) is 11.5 Å². The van der Waals surface area contributed by atoms with Crippen molar-refractivity contribution in [1.29, 1.82) is 5.26 Å². The summed E-state index contributed by atoms with van der Waals surface area (Å²) in [6.07, 6.45) is 1.59. The molecule has 0 radical (unpaired) electrons. The van der Waals surface area contributed by atoms with Gasteiger partial charge in [-0.05, 0) is 62.7 Å². The molecule has 1 aliphatic heterocycles. The summed E-state index contributed by atoms with van der Waals surface area (Å²) in [5, 5.41) is 11.9. The number of nitriles is 1. The number of amides is 1. The molecule has 0 unspecified atom stereocenters. The Morgan fingerprint density at radius 3 is 2.70 bits per heavy atom. The second-order valence-corrected chi connectivity index (χ2v) is 8.70. The summed E-state index contributed by atoms with van der Waals surface area (Å²) in [6.45, 7) is 2.33. The molecule has 6 nitrogen and oxygen atoms in total. The molecule has 7 heteroatoms. The summed E-state index contributed by atoms with van der Waals surface area (Å²) in [7, 11) is 1.58. The van der Waals surface area contributed by atoms with Crippen molar-refractivity contribution in [3.05, 3.63) is 74.9 Å². The summed E-state index contributed by atoms with van der Waals surface area (Å²) < 4.78 is 17.9. The molecule has 4 rings (SSSR count). The first kappa shape index (κ1) is 23.1. The van der Waals surface area contributed by atoms with E-state index in [2.05, 4.69) is 46.9 Å². The first-order valence-corrected chi connectivity index (χ1v) is 11.6. The van der Waals surface area contributed by atoms with Gasteiger partial charge in [0.2, 0.25) is 0 Å². The molecule has 0 bridgehead atoms. The van der Waals surface area contributed by atoms with Crippen LogP contribution in [0.2, 0.25) is 0 Å². The third kappa shape index (κ3) is 5.29. The molecule has 1 saturated heterocycles. The Morgan fingerprint density at radius 2 is 1.94 bits per heavy atom. The van der Waals surface area contributed by atoms with Crippen LogP contribution in [0.25, 0.3) is 16.8 Å². The van der Waals surface area contributed by atoms with E-state index in [1.54, 1.807) is 24.2 Å². The van der Waals surface area contributed by atoms with Crippen LogP contribution in [0.4, 0.5) is 0 Å². The van der Waals surface area contributed by atoms with Crippen LogP contribution in [0.15, 0.2) is 60.2 Å². The van der Waals surface area contributed by atoms with Gasteiger partial charge in [-0.3, -0.25) is 4.79 Å². The summed E-state index contributed by atoms with van der Waals surface area (Å²) in [5.74, 6) is 0.886. The molecule has 168 valence electrons. The fourth-order valence-electron chi connectivity index (χ4n) is 3.78. The second kappa shape index (κ2) is 10.7. The van der Waals surface area contributed by atoms with Gasteiger partial charge in [0.1, 0.15) is 18.2 Å². The minimum atomic E-state index is -0.286. The number of fused-ring (bicyclic) bond motifs is 1.